The van der Waals surface area contributed by atoms with Gasteiger partial charge in [0.2, 0.25) is 0 Å². The Morgan fingerprint density at radius 3 is 2.59 bits per heavy atom. The number of benzene rings is 3. The molecule has 5 nitrogen and oxygen atoms in total. The summed E-state index contributed by atoms with van der Waals surface area (Å²) < 4.78 is 8.74. The molecule has 0 spiro atoms. The summed E-state index contributed by atoms with van der Waals surface area (Å²) in [5.41, 5.74) is 3.78. The predicted octanol–water partition coefficient (Wildman–Crippen LogP) is 5.31. The van der Waals surface area contributed by atoms with E-state index in [4.69, 9.17) is 4.98 Å². The first kappa shape index (κ1) is 15.0. The first-order valence-corrected chi connectivity index (χ1v) is 10.0. The Bertz CT molecular complexity index is 1410. The second kappa shape index (κ2) is 5.67. The molecular formula is C20H11N5S2. The van der Waals surface area contributed by atoms with Crippen LogP contribution in [0.15, 0.2) is 66.7 Å². The van der Waals surface area contributed by atoms with E-state index in [9.17, 15) is 0 Å². The van der Waals surface area contributed by atoms with E-state index in [-0.39, 0.29) is 0 Å². The van der Waals surface area contributed by atoms with Gasteiger partial charge in [0, 0.05) is 10.9 Å². The van der Waals surface area contributed by atoms with Gasteiger partial charge in [-0.25, -0.2) is 4.98 Å². The van der Waals surface area contributed by atoms with Crippen molar-refractivity contribution in [1.82, 2.24) is 24.4 Å². The van der Waals surface area contributed by atoms with Crippen LogP contribution < -0.4 is 0 Å². The van der Waals surface area contributed by atoms with Gasteiger partial charge in [0.15, 0.2) is 5.82 Å². The van der Waals surface area contributed by atoms with E-state index in [0.29, 0.717) is 0 Å². The Kier molecular flexibility index (Phi) is 3.14. The van der Waals surface area contributed by atoms with E-state index in [2.05, 4.69) is 39.0 Å². The lowest BCUT2D eigenvalue weighted by molar-refractivity contribution is 0.815. The zero-order valence-corrected chi connectivity index (χ0v) is 15.5. The quantitative estimate of drug-likeness (QED) is 0.405. The maximum absolute atomic E-state index is 4.78. The molecule has 6 rings (SSSR count). The first-order chi connectivity index (χ1) is 13.4. The van der Waals surface area contributed by atoms with Gasteiger partial charge in [-0.15, -0.1) is 16.4 Å². The molecular weight excluding hydrogens is 374 g/mol. The number of fused-ring (bicyclic) bond motifs is 3. The molecule has 0 N–H and O–H groups in total. The van der Waals surface area contributed by atoms with E-state index in [1.807, 2.05) is 47.1 Å². The van der Waals surface area contributed by atoms with Gasteiger partial charge in [-0.2, -0.15) is 9.06 Å². The Balaban J connectivity index is 1.59. The summed E-state index contributed by atoms with van der Waals surface area (Å²) in [4.78, 5) is 4.78. The highest BCUT2D eigenvalue weighted by atomic mass is 32.1. The minimum Gasteiger partial charge on any atom is -0.236 e. The molecule has 6 aromatic rings. The van der Waals surface area contributed by atoms with E-state index in [1.54, 1.807) is 11.3 Å². The molecule has 0 fully saturated rings. The van der Waals surface area contributed by atoms with Gasteiger partial charge in [-0.1, -0.05) is 35.5 Å². The van der Waals surface area contributed by atoms with Crippen molar-refractivity contribution < 1.29 is 0 Å². The monoisotopic (exact) mass is 385 g/mol. The minimum atomic E-state index is 0.819. The molecule has 0 atom stereocenters. The molecule has 0 radical (unpaired) electrons. The topological polar surface area (TPSA) is 56.5 Å². The van der Waals surface area contributed by atoms with Gasteiger partial charge in [0.05, 0.1) is 20.4 Å². The molecule has 0 bridgehead atoms. The van der Waals surface area contributed by atoms with Gasteiger partial charge in [-0.3, -0.25) is 0 Å². The number of para-hydroxylation sites is 1. The summed E-state index contributed by atoms with van der Waals surface area (Å²) in [6.07, 6.45) is 0. The number of hydrogen-bond acceptors (Lipinski definition) is 6. The molecule has 0 unspecified atom stereocenters. The summed E-state index contributed by atoms with van der Waals surface area (Å²) in [5, 5.41) is 10.9. The average Bonchev–Trinajstić information content (AvgIpc) is 3.43. The van der Waals surface area contributed by atoms with Crippen LogP contribution in [-0.4, -0.2) is 24.4 Å². The molecule has 27 heavy (non-hydrogen) atoms. The smallest absolute Gasteiger partial charge is 0.177 e. The fourth-order valence-corrected chi connectivity index (χ4v) is 5.04. The van der Waals surface area contributed by atoms with Crippen LogP contribution in [0, 0.1) is 0 Å². The van der Waals surface area contributed by atoms with Crippen molar-refractivity contribution >= 4 is 54.2 Å². The van der Waals surface area contributed by atoms with Gasteiger partial charge in [-0.05, 0) is 47.9 Å². The SMILES string of the molecule is c1ccc2sc(-c3cccc4c3nnn4-c3nsc4ccccc34)nc2c1. The maximum atomic E-state index is 4.78. The van der Waals surface area contributed by atoms with Crippen LogP contribution in [0.1, 0.15) is 0 Å². The number of aromatic nitrogens is 5. The number of nitrogens with zero attached hydrogens (tertiary/aromatic N) is 5. The van der Waals surface area contributed by atoms with Gasteiger partial charge in [0.25, 0.3) is 0 Å². The van der Waals surface area contributed by atoms with E-state index in [0.717, 1.165) is 43.0 Å². The summed E-state index contributed by atoms with van der Waals surface area (Å²) in [6, 6.07) is 22.5. The third-order valence-corrected chi connectivity index (χ3v) is 6.45. The highest BCUT2D eigenvalue weighted by molar-refractivity contribution is 7.21. The molecule has 128 valence electrons. The lowest BCUT2D eigenvalue weighted by Gasteiger charge is -2.00. The average molecular weight is 385 g/mol. The molecule has 0 amide bonds. The predicted molar refractivity (Wildman–Crippen MR) is 111 cm³/mol. The van der Waals surface area contributed by atoms with E-state index in [1.165, 1.54) is 16.2 Å². The van der Waals surface area contributed by atoms with Crippen LogP contribution in [0.4, 0.5) is 0 Å². The van der Waals surface area contributed by atoms with Crippen molar-refractivity contribution in [3.8, 4) is 16.4 Å². The molecule has 0 aliphatic heterocycles. The largest absolute Gasteiger partial charge is 0.236 e. The van der Waals surface area contributed by atoms with Crippen molar-refractivity contribution in [1.29, 1.82) is 0 Å². The number of thiazole rings is 1. The molecule has 3 aromatic heterocycles. The fraction of sp³-hybridized carbons (Fsp3) is 0. The Hall–Kier alpha value is -3.16. The van der Waals surface area contributed by atoms with Crippen molar-refractivity contribution in [3.05, 3.63) is 66.7 Å². The van der Waals surface area contributed by atoms with Crippen molar-refractivity contribution in [3.63, 3.8) is 0 Å². The molecule has 0 aliphatic carbocycles. The minimum absolute atomic E-state index is 0.819. The summed E-state index contributed by atoms with van der Waals surface area (Å²) in [5.74, 6) is 0.819. The van der Waals surface area contributed by atoms with Gasteiger partial charge >= 0.3 is 0 Å². The van der Waals surface area contributed by atoms with Crippen LogP contribution in [0.5, 0.6) is 0 Å². The van der Waals surface area contributed by atoms with E-state index < -0.39 is 0 Å². The summed E-state index contributed by atoms with van der Waals surface area (Å²) in [7, 11) is 0. The van der Waals surface area contributed by atoms with Gasteiger partial charge < -0.3 is 0 Å². The molecule has 3 heterocycles. The third-order valence-electron chi connectivity index (χ3n) is 4.56. The fourth-order valence-electron chi connectivity index (χ4n) is 3.29. The van der Waals surface area contributed by atoms with Crippen molar-refractivity contribution in [2.75, 3.05) is 0 Å². The molecule has 0 saturated heterocycles. The van der Waals surface area contributed by atoms with Crippen molar-refractivity contribution in [2.24, 2.45) is 0 Å². The van der Waals surface area contributed by atoms with Crippen LogP contribution in [-0.2, 0) is 0 Å². The molecule has 0 saturated carbocycles. The lowest BCUT2D eigenvalue weighted by Crippen LogP contribution is -1.97. The highest BCUT2D eigenvalue weighted by Gasteiger charge is 2.17. The van der Waals surface area contributed by atoms with Crippen LogP contribution >= 0.6 is 22.9 Å². The summed E-state index contributed by atoms with van der Waals surface area (Å²) >= 11 is 3.15. The van der Waals surface area contributed by atoms with Gasteiger partial charge in [0.1, 0.15) is 10.5 Å². The molecule has 0 aliphatic rings. The lowest BCUT2D eigenvalue weighted by atomic mass is 10.2. The van der Waals surface area contributed by atoms with E-state index >= 15 is 0 Å². The molecule has 7 heteroatoms. The Labute approximate surface area is 161 Å². The van der Waals surface area contributed by atoms with Crippen LogP contribution in [0.25, 0.3) is 47.7 Å². The maximum Gasteiger partial charge on any atom is 0.177 e. The standard InChI is InChI=1S/C20H11N5S2/c1-3-10-16-12(6-1)19(23-27-16)25-15-9-5-7-13(18(15)22-24-25)20-21-14-8-2-4-11-17(14)26-20/h1-11H. The summed E-state index contributed by atoms with van der Waals surface area (Å²) in [6.45, 7) is 0. The second-order valence-electron chi connectivity index (χ2n) is 6.16. The Morgan fingerprint density at radius 2 is 1.67 bits per heavy atom. The zero-order valence-electron chi connectivity index (χ0n) is 13.9. The highest BCUT2D eigenvalue weighted by Crippen LogP contribution is 2.35. The van der Waals surface area contributed by atoms with Crippen molar-refractivity contribution in [2.45, 2.75) is 0 Å². The number of rotatable bonds is 2. The van der Waals surface area contributed by atoms with Crippen LogP contribution in [0.2, 0.25) is 0 Å². The Morgan fingerprint density at radius 1 is 0.815 bits per heavy atom. The third kappa shape index (κ3) is 2.22. The second-order valence-corrected chi connectivity index (χ2v) is 8.00. The normalized spacial score (nSPS) is 11.7. The first-order valence-electron chi connectivity index (χ1n) is 8.44. The zero-order chi connectivity index (χ0) is 17.8. The molecule has 3 aromatic carbocycles. The van der Waals surface area contributed by atoms with Crippen LogP contribution in [0.3, 0.4) is 0 Å². The number of hydrogen-bond donors (Lipinski definition) is 0.